The molecule has 1 rings (SSSR count). The molecule has 0 aromatic heterocycles. The van der Waals surface area contributed by atoms with Crippen LogP contribution >= 0.6 is 15.9 Å². The predicted molar refractivity (Wildman–Crippen MR) is 80.8 cm³/mol. The van der Waals surface area contributed by atoms with Crippen molar-refractivity contribution >= 4 is 33.5 Å². The zero-order valence-corrected chi connectivity index (χ0v) is 13.5. The summed E-state index contributed by atoms with van der Waals surface area (Å²) < 4.78 is 21.7. The summed E-state index contributed by atoms with van der Waals surface area (Å²) in [6.45, 7) is 5.71. The van der Waals surface area contributed by atoms with Gasteiger partial charge in [-0.3, -0.25) is 0 Å². The summed E-state index contributed by atoms with van der Waals surface area (Å²) in [7, 11) is 1.63. The maximum atomic E-state index is 11.7. The summed E-state index contributed by atoms with van der Waals surface area (Å²) in [5, 5.41) is 0. The van der Waals surface area contributed by atoms with Gasteiger partial charge in [0, 0.05) is 10.9 Å². The lowest BCUT2D eigenvalue weighted by Crippen LogP contribution is -2.25. The number of benzene rings is 1. The molecule has 0 fully saturated rings. The lowest BCUT2D eigenvalue weighted by atomic mass is 10.1. The number of ether oxygens (including phenoxy) is 1. The molecule has 1 aromatic rings. The maximum Gasteiger partial charge on any atom is 0.144 e. The summed E-state index contributed by atoms with van der Waals surface area (Å²) in [6.07, 6.45) is 2.30. The zero-order chi connectivity index (χ0) is 13.8. The molecule has 1 unspecified atom stereocenters. The normalized spacial score (nSPS) is 13.9. The van der Waals surface area contributed by atoms with Crippen molar-refractivity contribution in [2.24, 2.45) is 4.40 Å². The minimum absolute atomic E-state index is 0.319. The zero-order valence-electron chi connectivity index (χ0n) is 11.1. The van der Waals surface area contributed by atoms with Crippen molar-refractivity contribution in [3.05, 3.63) is 28.2 Å². The second-order valence-electron chi connectivity index (χ2n) is 4.81. The van der Waals surface area contributed by atoms with Gasteiger partial charge in [0.2, 0.25) is 0 Å². The highest BCUT2D eigenvalue weighted by molar-refractivity contribution is 9.10. The Kier molecular flexibility index (Phi) is 5.69. The third-order valence-electron chi connectivity index (χ3n) is 2.25. The lowest BCUT2D eigenvalue weighted by molar-refractivity contribution is 0.411. The molecule has 3 nitrogen and oxygen atoms in total. The van der Waals surface area contributed by atoms with Gasteiger partial charge >= 0.3 is 0 Å². The Hall–Kier alpha value is -0.520. The number of hydrogen-bond donors (Lipinski definition) is 0. The molecule has 0 aliphatic rings. The molecule has 0 bridgehead atoms. The molecule has 1 atom stereocenters. The van der Waals surface area contributed by atoms with Crippen molar-refractivity contribution in [2.75, 3.05) is 7.11 Å². The van der Waals surface area contributed by atoms with Crippen LogP contribution in [0.5, 0.6) is 5.75 Å². The van der Waals surface area contributed by atoms with Crippen LogP contribution in [0.15, 0.2) is 27.1 Å². The fourth-order valence-electron chi connectivity index (χ4n) is 1.25. The van der Waals surface area contributed by atoms with Gasteiger partial charge in [0.25, 0.3) is 0 Å². The molecule has 0 saturated heterocycles. The second-order valence-corrected chi connectivity index (χ2v) is 7.66. The smallest absolute Gasteiger partial charge is 0.144 e. The molecular weight excluding hydrogens is 314 g/mol. The highest BCUT2D eigenvalue weighted by Crippen LogP contribution is 2.23. The van der Waals surface area contributed by atoms with Crippen molar-refractivity contribution in [1.29, 1.82) is 0 Å². The summed E-state index contributed by atoms with van der Waals surface area (Å²) >= 11 is 2.19. The van der Waals surface area contributed by atoms with E-state index < -0.39 is 11.4 Å². The fourth-order valence-corrected chi connectivity index (χ4v) is 2.11. The molecule has 0 saturated carbocycles. The van der Waals surface area contributed by atoms with Crippen LogP contribution in [0.2, 0.25) is 0 Å². The van der Waals surface area contributed by atoms with E-state index in [4.69, 9.17) is 4.74 Å². The van der Waals surface area contributed by atoms with Gasteiger partial charge in [-0.05, 0) is 38.5 Å². The molecule has 5 heteroatoms. The Balaban J connectivity index is 2.72. The SMILES string of the molecule is COc1cc(Br)ccc1C/C=N/[S+]([O-])C(C)(C)C. The summed E-state index contributed by atoms with van der Waals surface area (Å²) in [4.78, 5) is 0. The monoisotopic (exact) mass is 331 g/mol. The number of methoxy groups -OCH3 is 1. The van der Waals surface area contributed by atoms with Crippen molar-refractivity contribution in [3.63, 3.8) is 0 Å². The van der Waals surface area contributed by atoms with Crippen molar-refractivity contribution in [3.8, 4) is 5.75 Å². The van der Waals surface area contributed by atoms with E-state index in [0.29, 0.717) is 6.42 Å². The van der Waals surface area contributed by atoms with E-state index in [1.807, 2.05) is 39.0 Å². The van der Waals surface area contributed by atoms with Crippen LogP contribution in [0.1, 0.15) is 26.3 Å². The van der Waals surface area contributed by atoms with Gasteiger partial charge in [0.1, 0.15) is 21.9 Å². The van der Waals surface area contributed by atoms with Gasteiger partial charge in [-0.2, -0.15) is 0 Å². The molecule has 0 aliphatic carbocycles. The third kappa shape index (κ3) is 4.63. The molecular formula is C13H18BrNO2S. The predicted octanol–water partition coefficient (Wildman–Crippen LogP) is 3.53. The Labute approximate surface area is 120 Å². The van der Waals surface area contributed by atoms with E-state index >= 15 is 0 Å². The molecule has 0 amide bonds. The highest BCUT2D eigenvalue weighted by atomic mass is 79.9. The molecule has 0 spiro atoms. The number of hydrogen-bond acceptors (Lipinski definition) is 3. The van der Waals surface area contributed by atoms with Crippen molar-refractivity contribution in [2.45, 2.75) is 31.9 Å². The minimum atomic E-state index is -1.20. The van der Waals surface area contributed by atoms with Gasteiger partial charge in [0.05, 0.1) is 13.3 Å². The van der Waals surface area contributed by atoms with E-state index in [2.05, 4.69) is 20.3 Å². The molecule has 1 aromatic carbocycles. The maximum absolute atomic E-state index is 11.7. The quantitative estimate of drug-likeness (QED) is 0.625. The van der Waals surface area contributed by atoms with Crippen LogP contribution in [-0.4, -0.2) is 22.6 Å². The van der Waals surface area contributed by atoms with Gasteiger partial charge in [-0.25, -0.2) is 0 Å². The first-order valence-electron chi connectivity index (χ1n) is 5.61. The molecule has 0 N–H and O–H groups in total. The van der Waals surface area contributed by atoms with Crippen LogP contribution in [-0.2, 0) is 17.8 Å². The van der Waals surface area contributed by atoms with E-state index in [1.54, 1.807) is 13.3 Å². The topological polar surface area (TPSA) is 44.6 Å². The standard InChI is InChI=1S/C13H18BrNO2S/c1-13(2,3)18(16)15-8-7-10-5-6-11(14)9-12(10)17-4/h5-6,8-9H,7H2,1-4H3/b15-8+. The second kappa shape index (κ2) is 6.59. The van der Waals surface area contributed by atoms with Gasteiger partial charge in [0.15, 0.2) is 0 Å². The molecule has 100 valence electrons. The number of halogens is 1. The average molecular weight is 332 g/mol. The van der Waals surface area contributed by atoms with Crippen molar-refractivity contribution in [1.82, 2.24) is 0 Å². The Bertz CT molecular complexity index is 429. The molecule has 0 aliphatic heterocycles. The van der Waals surface area contributed by atoms with Crippen LogP contribution in [0, 0.1) is 0 Å². The average Bonchev–Trinajstić information content (AvgIpc) is 2.29. The number of rotatable bonds is 4. The number of nitrogens with zero attached hydrogens (tertiary/aromatic N) is 1. The van der Waals surface area contributed by atoms with E-state index in [1.165, 1.54) is 0 Å². The minimum Gasteiger partial charge on any atom is -0.591 e. The van der Waals surface area contributed by atoms with E-state index in [9.17, 15) is 4.55 Å². The molecule has 0 radical (unpaired) electrons. The third-order valence-corrected chi connectivity index (χ3v) is 4.14. The first-order valence-corrected chi connectivity index (χ1v) is 7.51. The van der Waals surface area contributed by atoms with Gasteiger partial charge in [-0.15, -0.1) is 0 Å². The first-order chi connectivity index (χ1) is 8.34. The van der Waals surface area contributed by atoms with Crippen LogP contribution in [0.4, 0.5) is 0 Å². The Morgan fingerprint density at radius 3 is 2.67 bits per heavy atom. The summed E-state index contributed by atoms with van der Waals surface area (Å²) in [6, 6.07) is 5.82. The van der Waals surface area contributed by atoms with E-state index in [0.717, 1.165) is 15.8 Å². The lowest BCUT2D eigenvalue weighted by Gasteiger charge is -2.17. The van der Waals surface area contributed by atoms with Crippen molar-refractivity contribution < 1.29 is 9.29 Å². The van der Waals surface area contributed by atoms with Crippen LogP contribution in [0.3, 0.4) is 0 Å². The fraction of sp³-hybridized carbons (Fsp3) is 0.462. The summed E-state index contributed by atoms with van der Waals surface area (Å²) in [5.74, 6) is 0.803. The largest absolute Gasteiger partial charge is 0.591 e. The Morgan fingerprint density at radius 2 is 2.11 bits per heavy atom. The highest BCUT2D eigenvalue weighted by Gasteiger charge is 2.25. The Morgan fingerprint density at radius 1 is 1.44 bits per heavy atom. The van der Waals surface area contributed by atoms with Crippen LogP contribution < -0.4 is 4.74 Å². The first kappa shape index (κ1) is 15.5. The van der Waals surface area contributed by atoms with Crippen LogP contribution in [0.25, 0.3) is 0 Å². The molecule has 0 heterocycles. The van der Waals surface area contributed by atoms with Gasteiger partial charge in [-0.1, -0.05) is 26.4 Å². The van der Waals surface area contributed by atoms with Gasteiger partial charge < -0.3 is 9.29 Å². The van der Waals surface area contributed by atoms with E-state index in [-0.39, 0.29) is 4.75 Å². The summed E-state index contributed by atoms with van der Waals surface area (Å²) in [5.41, 5.74) is 1.02. The molecule has 18 heavy (non-hydrogen) atoms.